The first-order valence-corrected chi connectivity index (χ1v) is 5.66. The Morgan fingerprint density at radius 2 is 2.05 bits per heavy atom. The number of nitrogens with one attached hydrogen (secondary N) is 1. The van der Waals surface area contributed by atoms with Crippen molar-refractivity contribution in [2.45, 2.75) is 13.8 Å². The van der Waals surface area contributed by atoms with Crippen LogP contribution in [0.15, 0.2) is 22.6 Å². The number of carboxylic acid groups (broad SMARTS) is 1. The summed E-state index contributed by atoms with van der Waals surface area (Å²) in [6.07, 6.45) is 0. The van der Waals surface area contributed by atoms with E-state index in [0.717, 1.165) is 6.07 Å². The number of anilines is 1. The molecule has 2 rings (SSSR count). The van der Waals surface area contributed by atoms with Crippen molar-refractivity contribution in [3.63, 3.8) is 0 Å². The van der Waals surface area contributed by atoms with Crippen LogP contribution in [0, 0.1) is 19.7 Å². The van der Waals surface area contributed by atoms with Crippen molar-refractivity contribution in [1.82, 2.24) is 4.98 Å². The van der Waals surface area contributed by atoms with Gasteiger partial charge in [-0.15, -0.1) is 0 Å². The zero-order chi connectivity index (χ0) is 14.9. The van der Waals surface area contributed by atoms with E-state index in [1.54, 1.807) is 13.8 Å². The van der Waals surface area contributed by atoms with E-state index in [4.69, 9.17) is 9.52 Å². The molecule has 6 nitrogen and oxygen atoms in total. The van der Waals surface area contributed by atoms with Gasteiger partial charge < -0.3 is 14.8 Å². The van der Waals surface area contributed by atoms with Crippen molar-refractivity contribution in [2.75, 3.05) is 5.32 Å². The number of aromatic carboxylic acids is 1. The van der Waals surface area contributed by atoms with Crippen LogP contribution in [-0.2, 0) is 0 Å². The number of benzene rings is 1. The maximum atomic E-state index is 13.7. The quantitative estimate of drug-likeness (QED) is 0.899. The van der Waals surface area contributed by atoms with Gasteiger partial charge in [-0.05, 0) is 25.1 Å². The van der Waals surface area contributed by atoms with E-state index in [0.29, 0.717) is 11.6 Å². The molecule has 0 saturated carbocycles. The normalized spacial score (nSPS) is 10.3. The lowest BCUT2D eigenvalue weighted by atomic mass is 10.2. The van der Waals surface area contributed by atoms with Gasteiger partial charge in [0.05, 0.1) is 16.9 Å². The summed E-state index contributed by atoms with van der Waals surface area (Å²) in [6.45, 7) is 3.18. The van der Waals surface area contributed by atoms with Crippen molar-refractivity contribution in [3.05, 3.63) is 46.9 Å². The van der Waals surface area contributed by atoms with Crippen molar-refractivity contribution < 1.29 is 23.5 Å². The molecule has 104 valence electrons. The van der Waals surface area contributed by atoms with Crippen LogP contribution in [0.25, 0.3) is 0 Å². The van der Waals surface area contributed by atoms with Gasteiger partial charge in [0.2, 0.25) is 5.76 Å². The largest absolute Gasteiger partial charge is 0.478 e. The number of halogens is 1. The van der Waals surface area contributed by atoms with Gasteiger partial charge in [-0.2, -0.15) is 0 Å². The van der Waals surface area contributed by atoms with Gasteiger partial charge in [-0.3, -0.25) is 4.79 Å². The maximum Gasteiger partial charge on any atom is 0.335 e. The Morgan fingerprint density at radius 3 is 2.55 bits per heavy atom. The molecule has 20 heavy (non-hydrogen) atoms. The molecule has 0 saturated heterocycles. The van der Waals surface area contributed by atoms with Crippen molar-refractivity contribution in [3.8, 4) is 0 Å². The monoisotopic (exact) mass is 278 g/mol. The second kappa shape index (κ2) is 5.12. The van der Waals surface area contributed by atoms with Crippen molar-refractivity contribution in [1.29, 1.82) is 0 Å². The summed E-state index contributed by atoms with van der Waals surface area (Å²) in [6, 6.07) is 3.20. The lowest BCUT2D eigenvalue weighted by molar-refractivity contribution is 0.0696. The first kappa shape index (κ1) is 13.7. The molecule has 2 aromatic rings. The average Bonchev–Trinajstić information content (AvgIpc) is 2.70. The third-order valence-electron chi connectivity index (χ3n) is 2.57. The number of carbonyl (C=O) groups is 2. The Labute approximate surface area is 113 Å². The van der Waals surface area contributed by atoms with Crippen LogP contribution in [0.1, 0.15) is 32.5 Å². The molecule has 0 aliphatic carbocycles. The second-order valence-electron chi connectivity index (χ2n) is 4.10. The fraction of sp³-hybridized carbons (Fsp3) is 0.154. The van der Waals surface area contributed by atoms with Gasteiger partial charge in [-0.1, -0.05) is 0 Å². The molecule has 7 heteroatoms. The number of carbonyl (C=O) groups excluding carboxylic acids is 1. The van der Waals surface area contributed by atoms with Crippen LogP contribution in [0.2, 0.25) is 0 Å². The van der Waals surface area contributed by atoms with E-state index in [2.05, 4.69) is 10.3 Å². The summed E-state index contributed by atoms with van der Waals surface area (Å²) < 4.78 is 18.8. The number of aromatic nitrogens is 1. The van der Waals surface area contributed by atoms with E-state index >= 15 is 0 Å². The van der Waals surface area contributed by atoms with Gasteiger partial charge in [-0.25, -0.2) is 14.2 Å². The van der Waals surface area contributed by atoms with Crippen LogP contribution in [0.3, 0.4) is 0 Å². The van der Waals surface area contributed by atoms with E-state index in [-0.39, 0.29) is 17.0 Å². The summed E-state index contributed by atoms with van der Waals surface area (Å²) in [4.78, 5) is 26.5. The zero-order valence-electron chi connectivity index (χ0n) is 10.7. The molecule has 1 heterocycles. The molecule has 1 aromatic heterocycles. The number of nitrogens with zero attached hydrogens (tertiary/aromatic N) is 1. The number of oxazole rings is 1. The SMILES string of the molecule is Cc1nc(C)c(C(=O)Nc2ccc(C(=O)O)cc2F)o1. The summed E-state index contributed by atoms with van der Waals surface area (Å²) in [5.74, 6) is -2.42. The fourth-order valence-electron chi connectivity index (χ4n) is 1.67. The molecular formula is C13H11FN2O4. The molecule has 2 N–H and O–H groups in total. The highest BCUT2D eigenvalue weighted by molar-refractivity contribution is 6.03. The van der Waals surface area contributed by atoms with Crippen LogP contribution < -0.4 is 5.32 Å². The standard InChI is InChI=1S/C13H11FN2O4/c1-6-11(20-7(2)15-6)12(17)16-10-4-3-8(13(18)19)5-9(10)14/h3-5H,1-2H3,(H,16,17)(H,18,19). The topological polar surface area (TPSA) is 92.4 Å². The molecule has 0 radical (unpaired) electrons. The van der Waals surface area contributed by atoms with Gasteiger partial charge in [0.25, 0.3) is 5.91 Å². The molecule has 1 aromatic carbocycles. The summed E-state index contributed by atoms with van der Waals surface area (Å²) >= 11 is 0. The number of rotatable bonds is 3. The number of carboxylic acids is 1. The molecule has 1 amide bonds. The van der Waals surface area contributed by atoms with E-state index in [9.17, 15) is 14.0 Å². The minimum Gasteiger partial charge on any atom is -0.478 e. The Kier molecular flexibility index (Phi) is 3.51. The van der Waals surface area contributed by atoms with Crippen LogP contribution >= 0.6 is 0 Å². The summed E-state index contributed by atoms with van der Waals surface area (Å²) in [5.41, 5.74) is 0.0585. The van der Waals surface area contributed by atoms with Gasteiger partial charge >= 0.3 is 5.97 Å². The maximum absolute atomic E-state index is 13.7. The minimum atomic E-state index is -1.25. The molecule has 0 spiro atoms. The van der Waals surface area contributed by atoms with Crippen LogP contribution in [0.5, 0.6) is 0 Å². The number of amides is 1. The lowest BCUT2D eigenvalue weighted by Crippen LogP contribution is -2.13. The van der Waals surface area contributed by atoms with Crippen LogP contribution in [0.4, 0.5) is 10.1 Å². The zero-order valence-corrected chi connectivity index (χ0v) is 10.7. The van der Waals surface area contributed by atoms with E-state index < -0.39 is 17.7 Å². The number of hydrogen-bond acceptors (Lipinski definition) is 4. The molecule has 0 aliphatic rings. The van der Waals surface area contributed by atoms with Crippen molar-refractivity contribution >= 4 is 17.6 Å². The third kappa shape index (κ3) is 2.66. The highest BCUT2D eigenvalue weighted by atomic mass is 19.1. The minimum absolute atomic E-state index is 0.00999. The molecule has 0 unspecified atom stereocenters. The predicted molar refractivity (Wildman–Crippen MR) is 67.3 cm³/mol. The average molecular weight is 278 g/mol. The number of aryl methyl sites for hydroxylation is 2. The summed E-state index contributed by atoms with van der Waals surface area (Å²) in [5, 5.41) is 11.0. The molecule has 0 bridgehead atoms. The highest BCUT2D eigenvalue weighted by Gasteiger charge is 2.18. The van der Waals surface area contributed by atoms with Gasteiger partial charge in [0.1, 0.15) is 5.82 Å². The Bertz CT molecular complexity index is 694. The molecule has 0 atom stereocenters. The smallest absolute Gasteiger partial charge is 0.335 e. The third-order valence-corrected chi connectivity index (χ3v) is 2.57. The van der Waals surface area contributed by atoms with Crippen LogP contribution in [-0.4, -0.2) is 22.0 Å². The Morgan fingerprint density at radius 1 is 1.35 bits per heavy atom. The van der Waals surface area contributed by atoms with E-state index in [1.165, 1.54) is 12.1 Å². The van der Waals surface area contributed by atoms with Gasteiger partial charge in [0, 0.05) is 6.92 Å². The first-order valence-electron chi connectivity index (χ1n) is 5.66. The Hall–Kier alpha value is -2.70. The van der Waals surface area contributed by atoms with Crippen molar-refractivity contribution in [2.24, 2.45) is 0 Å². The second-order valence-corrected chi connectivity index (χ2v) is 4.10. The van der Waals surface area contributed by atoms with Gasteiger partial charge in [0.15, 0.2) is 5.89 Å². The summed E-state index contributed by atoms with van der Waals surface area (Å²) in [7, 11) is 0. The first-order chi connectivity index (χ1) is 9.38. The molecule has 0 fully saturated rings. The number of hydrogen-bond donors (Lipinski definition) is 2. The Balaban J connectivity index is 2.24. The fourth-order valence-corrected chi connectivity index (χ4v) is 1.67. The lowest BCUT2D eigenvalue weighted by Gasteiger charge is -2.05. The molecule has 0 aliphatic heterocycles. The highest BCUT2D eigenvalue weighted by Crippen LogP contribution is 2.18. The predicted octanol–water partition coefficient (Wildman–Crippen LogP) is 2.38. The van der Waals surface area contributed by atoms with E-state index in [1.807, 2.05) is 0 Å². The molecular weight excluding hydrogens is 267 g/mol.